The molecule has 0 heterocycles. The van der Waals surface area contributed by atoms with Crippen molar-refractivity contribution in [2.45, 2.75) is 63.2 Å². The molecule has 4 rings (SSSR count). The Morgan fingerprint density at radius 3 is 2.89 bits per heavy atom. The van der Waals surface area contributed by atoms with E-state index in [0.29, 0.717) is 5.41 Å². The van der Waals surface area contributed by atoms with E-state index >= 15 is 0 Å². The van der Waals surface area contributed by atoms with Gasteiger partial charge < -0.3 is 0 Å². The average molecular weight is 275 g/mol. The molecule has 2 fully saturated rings. The van der Waals surface area contributed by atoms with E-state index < -0.39 is 0 Å². The maximum atomic E-state index is 6.20. The van der Waals surface area contributed by atoms with Crippen LogP contribution in [-0.4, -0.2) is 0 Å². The molecule has 1 aromatic carbocycles. The Hall–Kier alpha value is -0.490. The highest BCUT2D eigenvalue weighted by Gasteiger charge is 2.57. The van der Waals surface area contributed by atoms with Crippen molar-refractivity contribution in [3.63, 3.8) is 0 Å². The van der Waals surface area contributed by atoms with E-state index in [1.165, 1.54) is 57.8 Å². The summed E-state index contributed by atoms with van der Waals surface area (Å²) in [5, 5.41) is 0.931. The predicted molar refractivity (Wildman–Crippen MR) is 80.8 cm³/mol. The van der Waals surface area contributed by atoms with Crippen LogP contribution in [0, 0.1) is 11.8 Å². The minimum Gasteiger partial charge on any atom is -0.0843 e. The van der Waals surface area contributed by atoms with Crippen molar-refractivity contribution in [2.24, 2.45) is 11.8 Å². The first kappa shape index (κ1) is 12.3. The van der Waals surface area contributed by atoms with Gasteiger partial charge in [-0.15, -0.1) is 0 Å². The Kier molecular flexibility index (Phi) is 2.92. The quantitative estimate of drug-likeness (QED) is 0.679. The third-order valence-electron chi connectivity index (χ3n) is 6.07. The predicted octanol–water partition coefficient (Wildman–Crippen LogP) is 5.51. The molecule has 2 atom stereocenters. The summed E-state index contributed by atoms with van der Waals surface area (Å²) in [5.74, 6) is 2.05. The average Bonchev–Trinajstić information content (AvgIpc) is 2.93. The van der Waals surface area contributed by atoms with E-state index in [9.17, 15) is 0 Å². The summed E-state index contributed by atoms with van der Waals surface area (Å²) < 4.78 is 0. The van der Waals surface area contributed by atoms with Gasteiger partial charge in [0.05, 0.1) is 0 Å². The van der Waals surface area contributed by atoms with Crippen LogP contribution in [0.2, 0.25) is 5.02 Å². The molecular weight excluding hydrogens is 252 g/mol. The summed E-state index contributed by atoms with van der Waals surface area (Å²) in [7, 11) is 0. The van der Waals surface area contributed by atoms with Crippen LogP contribution >= 0.6 is 11.6 Å². The van der Waals surface area contributed by atoms with E-state index in [1.54, 1.807) is 11.1 Å². The van der Waals surface area contributed by atoms with E-state index in [0.717, 1.165) is 16.9 Å². The van der Waals surface area contributed by atoms with Crippen molar-refractivity contribution in [3.05, 3.63) is 34.3 Å². The zero-order chi connectivity index (χ0) is 12.9. The Morgan fingerprint density at radius 1 is 1.21 bits per heavy atom. The molecular formula is C18H23Cl. The fraction of sp³-hybridized carbons (Fsp3) is 0.667. The molecule has 3 aliphatic rings. The van der Waals surface area contributed by atoms with E-state index in [2.05, 4.69) is 18.2 Å². The normalized spacial score (nSPS) is 32.4. The minimum absolute atomic E-state index is 0.555. The Bertz CT molecular complexity index is 488. The van der Waals surface area contributed by atoms with Gasteiger partial charge in [0.25, 0.3) is 0 Å². The standard InChI is InChI=1S/C18H23Cl/c19-16-8-7-14-9-10-18(17(14)11-16)12-15(18)6-2-5-13-3-1-4-13/h7-8,11,13,15H,1-6,9-10,12H2. The van der Waals surface area contributed by atoms with Gasteiger partial charge in [-0.2, -0.15) is 0 Å². The molecule has 0 nitrogen and oxygen atoms in total. The van der Waals surface area contributed by atoms with Gasteiger partial charge in [0.2, 0.25) is 0 Å². The van der Waals surface area contributed by atoms with Gasteiger partial charge in [-0.05, 0) is 66.2 Å². The van der Waals surface area contributed by atoms with Crippen LogP contribution in [-0.2, 0) is 11.8 Å². The fourth-order valence-electron chi connectivity index (χ4n) is 4.55. The number of fused-ring (bicyclic) bond motifs is 2. The lowest BCUT2D eigenvalue weighted by atomic mass is 9.81. The molecule has 0 amide bonds. The molecule has 102 valence electrons. The zero-order valence-electron chi connectivity index (χ0n) is 11.6. The molecule has 1 spiro atoms. The Balaban J connectivity index is 1.40. The number of rotatable bonds is 4. The first-order valence-electron chi connectivity index (χ1n) is 8.07. The first-order valence-corrected chi connectivity index (χ1v) is 8.45. The third kappa shape index (κ3) is 2.03. The van der Waals surface area contributed by atoms with E-state index in [-0.39, 0.29) is 0 Å². The molecule has 0 radical (unpaired) electrons. The number of hydrogen-bond donors (Lipinski definition) is 0. The molecule has 3 aliphatic carbocycles. The van der Waals surface area contributed by atoms with Gasteiger partial charge in [0.15, 0.2) is 0 Å². The topological polar surface area (TPSA) is 0 Å². The van der Waals surface area contributed by atoms with Crippen LogP contribution in [0.25, 0.3) is 0 Å². The van der Waals surface area contributed by atoms with Gasteiger partial charge in [0, 0.05) is 5.02 Å². The van der Waals surface area contributed by atoms with Gasteiger partial charge in [-0.1, -0.05) is 49.8 Å². The smallest absolute Gasteiger partial charge is 0.0409 e. The SMILES string of the molecule is Clc1ccc2c(c1)C1(CC2)CC1CCCC1CCC1. The third-order valence-corrected chi connectivity index (χ3v) is 6.31. The molecule has 19 heavy (non-hydrogen) atoms. The van der Waals surface area contributed by atoms with Gasteiger partial charge in [-0.25, -0.2) is 0 Å². The van der Waals surface area contributed by atoms with Crippen LogP contribution in [0.3, 0.4) is 0 Å². The highest BCUT2D eigenvalue weighted by Crippen LogP contribution is 2.63. The molecule has 0 bridgehead atoms. The zero-order valence-corrected chi connectivity index (χ0v) is 12.4. The van der Waals surface area contributed by atoms with Crippen molar-refractivity contribution < 1.29 is 0 Å². The molecule has 2 unspecified atom stereocenters. The maximum Gasteiger partial charge on any atom is 0.0409 e. The molecule has 0 aromatic heterocycles. The van der Waals surface area contributed by atoms with Crippen LogP contribution in [0.4, 0.5) is 0 Å². The second-order valence-corrected chi connectivity index (χ2v) is 7.52. The van der Waals surface area contributed by atoms with Crippen molar-refractivity contribution >= 4 is 11.6 Å². The Morgan fingerprint density at radius 2 is 2.11 bits per heavy atom. The van der Waals surface area contributed by atoms with Crippen LogP contribution in [0.5, 0.6) is 0 Å². The van der Waals surface area contributed by atoms with Crippen LogP contribution < -0.4 is 0 Å². The summed E-state index contributed by atoms with van der Waals surface area (Å²) in [4.78, 5) is 0. The number of hydrogen-bond acceptors (Lipinski definition) is 0. The highest BCUT2D eigenvalue weighted by molar-refractivity contribution is 6.30. The molecule has 0 saturated heterocycles. The molecule has 1 heteroatoms. The summed E-state index contributed by atoms with van der Waals surface area (Å²) in [6.45, 7) is 0. The molecule has 0 aliphatic heterocycles. The largest absolute Gasteiger partial charge is 0.0843 e. The molecule has 0 N–H and O–H groups in total. The lowest BCUT2D eigenvalue weighted by Gasteiger charge is -2.25. The first-order chi connectivity index (χ1) is 9.28. The van der Waals surface area contributed by atoms with Crippen molar-refractivity contribution in [1.82, 2.24) is 0 Å². The summed E-state index contributed by atoms with van der Waals surface area (Å²) in [6, 6.07) is 6.58. The number of aryl methyl sites for hydroxylation is 1. The summed E-state index contributed by atoms with van der Waals surface area (Å²) >= 11 is 6.20. The van der Waals surface area contributed by atoms with Crippen molar-refractivity contribution in [1.29, 1.82) is 0 Å². The van der Waals surface area contributed by atoms with Gasteiger partial charge in [-0.3, -0.25) is 0 Å². The maximum absolute atomic E-state index is 6.20. The fourth-order valence-corrected chi connectivity index (χ4v) is 4.72. The second-order valence-electron chi connectivity index (χ2n) is 7.09. The van der Waals surface area contributed by atoms with E-state index in [4.69, 9.17) is 11.6 Å². The lowest BCUT2D eigenvalue weighted by Crippen LogP contribution is -2.11. The van der Waals surface area contributed by atoms with Crippen molar-refractivity contribution in [3.8, 4) is 0 Å². The van der Waals surface area contributed by atoms with Crippen molar-refractivity contribution in [2.75, 3.05) is 0 Å². The highest BCUT2D eigenvalue weighted by atomic mass is 35.5. The summed E-state index contributed by atoms with van der Waals surface area (Å²) in [6.07, 6.45) is 13.0. The van der Waals surface area contributed by atoms with Crippen LogP contribution in [0.1, 0.15) is 62.5 Å². The lowest BCUT2D eigenvalue weighted by molar-refractivity contribution is 0.284. The minimum atomic E-state index is 0.555. The van der Waals surface area contributed by atoms with Gasteiger partial charge in [0.1, 0.15) is 0 Å². The summed E-state index contributed by atoms with van der Waals surface area (Å²) in [5.41, 5.74) is 3.74. The molecule has 1 aromatic rings. The monoisotopic (exact) mass is 274 g/mol. The van der Waals surface area contributed by atoms with Crippen LogP contribution in [0.15, 0.2) is 18.2 Å². The van der Waals surface area contributed by atoms with Gasteiger partial charge >= 0.3 is 0 Å². The number of benzene rings is 1. The molecule has 2 saturated carbocycles. The van der Waals surface area contributed by atoms with E-state index in [1.807, 2.05) is 0 Å². The Labute approximate surface area is 121 Å². The second kappa shape index (κ2) is 4.52. The number of halogens is 1.